The van der Waals surface area contributed by atoms with E-state index in [0.29, 0.717) is 28.6 Å². The number of imidazole rings is 1. The molecule has 9 heteroatoms. The minimum Gasteiger partial charge on any atom is -0.496 e. The van der Waals surface area contributed by atoms with Gasteiger partial charge in [0.2, 0.25) is 0 Å². The largest absolute Gasteiger partial charge is 0.496 e. The van der Waals surface area contributed by atoms with Crippen molar-refractivity contribution >= 4 is 40.2 Å². The molecule has 8 nitrogen and oxygen atoms in total. The minimum absolute atomic E-state index is 0.00486. The Morgan fingerprint density at radius 2 is 1.95 bits per heavy atom. The van der Waals surface area contributed by atoms with E-state index >= 15 is 0 Å². The number of Topliss-reactive ketones (excluding diaryl/α,β-unsaturated/α-hetero) is 1. The molecule has 1 N–H and O–H groups in total. The standard InChI is InChI=1S/C29H34ClN3O5/c1-16-8-10-21-23(32(16)29(36)38-4)11-12-24-26(21)31-28(27(35)22-15-19(30)9-13-25(22)37-3)33(24)20-7-5-6-18(14-20)17(2)34/h9,11-13,15-16,18,20,27,35H,5-8,10,14H2,1-4H3/t16-,18+,20+,27+/m0/s1. The Hall–Kier alpha value is -3.10. The van der Waals surface area contributed by atoms with Gasteiger partial charge in [0.1, 0.15) is 23.5 Å². The molecule has 1 amide bonds. The number of benzene rings is 2. The van der Waals surface area contributed by atoms with Crippen LogP contribution in [0.5, 0.6) is 5.75 Å². The molecule has 1 aromatic heterocycles. The number of anilines is 1. The predicted octanol–water partition coefficient (Wildman–Crippen LogP) is 6.01. The molecule has 1 aliphatic heterocycles. The molecule has 5 rings (SSSR count). The third-order valence-electron chi connectivity index (χ3n) is 8.17. The minimum atomic E-state index is -1.11. The zero-order valence-electron chi connectivity index (χ0n) is 22.2. The normalized spacial score (nSPS) is 22.2. The molecule has 1 fully saturated rings. The second kappa shape index (κ2) is 10.6. The second-order valence-corrected chi connectivity index (χ2v) is 10.9. The molecule has 0 spiro atoms. The van der Waals surface area contributed by atoms with Gasteiger partial charge >= 0.3 is 6.09 Å². The van der Waals surface area contributed by atoms with Crippen molar-refractivity contribution in [2.45, 2.75) is 70.6 Å². The SMILES string of the molecule is COC(=O)N1c2ccc3c(nc([C@H](O)c4cc(Cl)ccc4OC)n3[C@@H]3CCC[C@@H](C(C)=O)C3)c2CC[C@@H]1C. The van der Waals surface area contributed by atoms with Gasteiger partial charge in [0.25, 0.3) is 0 Å². The third-order valence-corrected chi connectivity index (χ3v) is 8.41. The molecule has 1 saturated carbocycles. The van der Waals surface area contributed by atoms with Gasteiger partial charge in [0.05, 0.1) is 30.9 Å². The quantitative estimate of drug-likeness (QED) is 0.427. The number of aryl methyl sites for hydroxylation is 1. The Morgan fingerprint density at radius 3 is 2.66 bits per heavy atom. The van der Waals surface area contributed by atoms with Gasteiger partial charge in [-0.1, -0.05) is 18.0 Å². The van der Waals surface area contributed by atoms with Gasteiger partial charge < -0.3 is 19.1 Å². The zero-order valence-corrected chi connectivity index (χ0v) is 23.0. The summed E-state index contributed by atoms with van der Waals surface area (Å²) in [5.74, 6) is 1.16. The van der Waals surface area contributed by atoms with Crippen molar-refractivity contribution in [1.29, 1.82) is 0 Å². The number of carbonyl (C=O) groups is 2. The number of ether oxygens (including phenoxy) is 2. The van der Waals surface area contributed by atoms with Crippen LogP contribution in [0.25, 0.3) is 11.0 Å². The number of amides is 1. The van der Waals surface area contributed by atoms with Gasteiger partial charge in [0.15, 0.2) is 0 Å². The van der Waals surface area contributed by atoms with Crippen LogP contribution in [0.15, 0.2) is 30.3 Å². The van der Waals surface area contributed by atoms with Crippen LogP contribution in [0.2, 0.25) is 5.02 Å². The Bertz CT molecular complexity index is 1390. The topological polar surface area (TPSA) is 93.9 Å². The highest BCUT2D eigenvalue weighted by Crippen LogP contribution is 2.43. The summed E-state index contributed by atoms with van der Waals surface area (Å²) in [4.78, 5) is 31.7. The first-order valence-electron chi connectivity index (χ1n) is 13.2. The van der Waals surface area contributed by atoms with E-state index in [9.17, 15) is 14.7 Å². The lowest BCUT2D eigenvalue weighted by Gasteiger charge is -2.34. The first-order valence-corrected chi connectivity index (χ1v) is 13.6. The van der Waals surface area contributed by atoms with Crippen LogP contribution in [0.1, 0.15) is 75.0 Å². The summed E-state index contributed by atoms with van der Waals surface area (Å²) in [5, 5.41) is 12.3. The van der Waals surface area contributed by atoms with Gasteiger partial charge in [-0.2, -0.15) is 0 Å². The van der Waals surface area contributed by atoms with Gasteiger partial charge in [-0.25, -0.2) is 9.78 Å². The lowest BCUT2D eigenvalue weighted by atomic mass is 9.83. The number of rotatable bonds is 5. The highest BCUT2D eigenvalue weighted by molar-refractivity contribution is 6.30. The van der Waals surface area contributed by atoms with Crippen LogP contribution >= 0.6 is 11.6 Å². The van der Waals surface area contributed by atoms with Gasteiger partial charge in [-0.15, -0.1) is 0 Å². The summed E-state index contributed by atoms with van der Waals surface area (Å²) in [6, 6.07) is 9.06. The van der Waals surface area contributed by atoms with E-state index in [4.69, 9.17) is 26.1 Å². The maximum atomic E-state index is 12.7. The van der Waals surface area contributed by atoms with Crippen LogP contribution in [0, 0.1) is 5.92 Å². The lowest BCUT2D eigenvalue weighted by Crippen LogP contribution is -2.42. The molecule has 4 atom stereocenters. The Balaban J connectivity index is 1.72. The van der Waals surface area contributed by atoms with E-state index in [1.807, 2.05) is 19.1 Å². The predicted molar refractivity (Wildman–Crippen MR) is 146 cm³/mol. The van der Waals surface area contributed by atoms with E-state index in [1.165, 1.54) is 7.11 Å². The Morgan fingerprint density at radius 1 is 1.16 bits per heavy atom. The van der Waals surface area contributed by atoms with Crippen molar-refractivity contribution < 1.29 is 24.2 Å². The Labute approximate surface area is 227 Å². The number of methoxy groups -OCH3 is 2. The summed E-state index contributed by atoms with van der Waals surface area (Å²) < 4.78 is 12.7. The monoisotopic (exact) mass is 539 g/mol. The number of hydrogen-bond donors (Lipinski definition) is 1. The van der Waals surface area contributed by atoms with E-state index in [-0.39, 0.29) is 23.8 Å². The average molecular weight is 540 g/mol. The van der Waals surface area contributed by atoms with Crippen molar-refractivity contribution in [1.82, 2.24) is 9.55 Å². The van der Waals surface area contributed by atoms with Crippen molar-refractivity contribution in [2.24, 2.45) is 5.92 Å². The van der Waals surface area contributed by atoms with E-state index < -0.39 is 12.2 Å². The number of carbonyl (C=O) groups excluding carboxylic acids is 2. The van der Waals surface area contributed by atoms with Crippen molar-refractivity contribution in [3.8, 4) is 5.75 Å². The van der Waals surface area contributed by atoms with Crippen molar-refractivity contribution in [3.05, 3.63) is 52.3 Å². The fraction of sp³-hybridized carbons (Fsp3) is 0.483. The molecule has 2 heterocycles. The number of halogens is 1. The summed E-state index contributed by atoms with van der Waals surface area (Å²) in [7, 11) is 2.94. The summed E-state index contributed by atoms with van der Waals surface area (Å²) >= 11 is 6.31. The molecule has 2 aromatic carbocycles. The maximum Gasteiger partial charge on any atom is 0.414 e. The molecule has 3 aromatic rings. The zero-order chi connectivity index (χ0) is 27.1. The number of aliphatic hydroxyl groups is 1. The van der Waals surface area contributed by atoms with E-state index in [0.717, 1.165) is 54.4 Å². The van der Waals surface area contributed by atoms with E-state index in [2.05, 4.69) is 4.57 Å². The maximum absolute atomic E-state index is 12.7. The van der Waals surface area contributed by atoms with Crippen molar-refractivity contribution in [2.75, 3.05) is 19.1 Å². The first kappa shape index (κ1) is 26.5. The van der Waals surface area contributed by atoms with Crippen molar-refractivity contribution in [3.63, 3.8) is 0 Å². The smallest absolute Gasteiger partial charge is 0.414 e. The summed E-state index contributed by atoms with van der Waals surface area (Å²) in [6.07, 6.45) is 3.36. The summed E-state index contributed by atoms with van der Waals surface area (Å²) in [5.41, 5.74) is 3.89. The molecule has 0 radical (unpaired) electrons. The van der Waals surface area contributed by atoms with Crippen LogP contribution in [0.3, 0.4) is 0 Å². The number of ketones is 1. The molecule has 2 aliphatic rings. The van der Waals surface area contributed by atoms with Crippen LogP contribution < -0.4 is 9.64 Å². The highest BCUT2D eigenvalue weighted by atomic mass is 35.5. The molecule has 0 unspecified atom stereocenters. The number of fused-ring (bicyclic) bond motifs is 3. The number of aromatic nitrogens is 2. The molecule has 0 saturated heterocycles. The highest BCUT2D eigenvalue weighted by Gasteiger charge is 2.35. The van der Waals surface area contributed by atoms with Gasteiger partial charge in [0, 0.05) is 34.2 Å². The lowest BCUT2D eigenvalue weighted by molar-refractivity contribution is -0.122. The van der Waals surface area contributed by atoms with Gasteiger partial charge in [-0.05, 0) is 76.3 Å². The Kier molecular flexibility index (Phi) is 7.38. The molecule has 38 heavy (non-hydrogen) atoms. The van der Waals surface area contributed by atoms with Crippen LogP contribution in [-0.4, -0.2) is 46.8 Å². The fourth-order valence-corrected chi connectivity index (χ4v) is 6.38. The number of aliphatic hydroxyl groups excluding tert-OH is 1. The van der Waals surface area contributed by atoms with Crippen LogP contribution in [-0.2, 0) is 16.0 Å². The molecular formula is C29H34ClN3O5. The second-order valence-electron chi connectivity index (χ2n) is 10.4. The van der Waals surface area contributed by atoms with Crippen LogP contribution in [0.4, 0.5) is 10.5 Å². The average Bonchev–Trinajstić information content (AvgIpc) is 3.32. The molecule has 0 bridgehead atoms. The van der Waals surface area contributed by atoms with Gasteiger partial charge in [-0.3, -0.25) is 9.69 Å². The molecule has 202 valence electrons. The third kappa shape index (κ3) is 4.54. The number of hydrogen-bond acceptors (Lipinski definition) is 6. The summed E-state index contributed by atoms with van der Waals surface area (Å²) in [6.45, 7) is 3.66. The molecule has 1 aliphatic carbocycles. The first-order chi connectivity index (χ1) is 18.2. The van der Waals surface area contributed by atoms with E-state index in [1.54, 1.807) is 37.1 Å². The number of nitrogens with zero attached hydrogens (tertiary/aromatic N) is 3. The fourth-order valence-electron chi connectivity index (χ4n) is 6.20. The molecular weight excluding hydrogens is 506 g/mol.